The molecule has 0 aromatic heterocycles. The van der Waals surface area contributed by atoms with Crippen LogP contribution in [0.25, 0.3) is 0 Å². The fraction of sp³-hybridized carbons (Fsp3) is 0.600. The molecule has 3 heteroatoms. The zero-order chi connectivity index (χ0) is 17.4. The summed E-state index contributed by atoms with van der Waals surface area (Å²) in [5, 5.41) is 0.349. The van der Waals surface area contributed by atoms with E-state index in [-0.39, 0.29) is 10.8 Å². The molecule has 1 nitrogen and oxygen atoms in total. The summed E-state index contributed by atoms with van der Waals surface area (Å²) in [6.45, 7) is 13.4. The molecule has 2 unspecified atom stereocenters. The highest BCUT2D eigenvalue weighted by Gasteiger charge is 2.30. The summed E-state index contributed by atoms with van der Waals surface area (Å²) in [5.41, 5.74) is 2.22. The van der Waals surface area contributed by atoms with Crippen molar-refractivity contribution in [3.63, 3.8) is 0 Å². The number of hydrogen-bond acceptors (Lipinski definition) is 2. The summed E-state index contributed by atoms with van der Waals surface area (Å²) in [4.78, 5) is 0. The molecule has 2 atom stereocenters. The van der Waals surface area contributed by atoms with Gasteiger partial charge in [0.2, 0.25) is 0 Å². The molecule has 1 aliphatic rings. The molecule has 1 aliphatic carbocycles. The van der Waals surface area contributed by atoms with Gasteiger partial charge in [0.15, 0.2) is 0 Å². The average Bonchev–Trinajstić information content (AvgIpc) is 2.35. The Hall–Kier alpha value is -0.825. The van der Waals surface area contributed by atoms with Crippen LogP contribution in [0.2, 0.25) is 0 Å². The van der Waals surface area contributed by atoms with Crippen molar-refractivity contribution in [3.05, 3.63) is 35.6 Å². The average molecular weight is 328 g/mol. The smallest absolute Gasteiger partial charge is 0.126 e. The first-order valence-electron chi connectivity index (χ1n) is 8.43. The summed E-state index contributed by atoms with van der Waals surface area (Å²) < 4.78 is 6.20. The second-order valence-corrected chi connectivity index (χ2v) is 9.57. The Kier molecular flexibility index (Phi) is 5.30. The van der Waals surface area contributed by atoms with Crippen molar-refractivity contribution in [2.24, 2.45) is 11.3 Å². The third kappa shape index (κ3) is 5.07. The molecule has 1 aromatic carbocycles. The predicted octanol–water partition coefficient (Wildman–Crippen LogP) is 4.80. The number of thiol groups is 1. The lowest BCUT2D eigenvalue weighted by Gasteiger charge is -2.34. The third-order valence-electron chi connectivity index (χ3n) is 4.51. The minimum atomic E-state index is 0.0501. The molecule has 0 saturated heterocycles. The van der Waals surface area contributed by atoms with Crippen molar-refractivity contribution in [2.75, 3.05) is 0 Å². The van der Waals surface area contributed by atoms with Crippen molar-refractivity contribution < 1.29 is 4.74 Å². The highest BCUT2D eigenvalue weighted by Crippen LogP contribution is 2.38. The normalized spacial score (nSPS) is 22.7. The quantitative estimate of drug-likeness (QED) is 0.606. The van der Waals surface area contributed by atoms with E-state index in [1.807, 2.05) is 12.1 Å². The van der Waals surface area contributed by atoms with Crippen LogP contribution in [0.4, 0.5) is 0 Å². The summed E-state index contributed by atoms with van der Waals surface area (Å²) in [7, 11) is 6.07. The molecule has 2 radical (unpaired) electrons. The van der Waals surface area contributed by atoms with Gasteiger partial charge in [-0.05, 0) is 46.9 Å². The number of benzene rings is 1. The van der Waals surface area contributed by atoms with Gasteiger partial charge < -0.3 is 4.74 Å². The molecule has 0 N–H and O–H groups in total. The molecule has 124 valence electrons. The fourth-order valence-corrected chi connectivity index (χ4v) is 3.32. The van der Waals surface area contributed by atoms with Crippen molar-refractivity contribution in [1.29, 1.82) is 0 Å². The van der Waals surface area contributed by atoms with Gasteiger partial charge >= 0.3 is 0 Å². The molecule has 0 fully saturated rings. The Morgan fingerprint density at radius 2 is 1.74 bits per heavy atom. The molecule has 2 rings (SSSR count). The Labute approximate surface area is 148 Å². The Balaban J connectivity index is 2.28. The minimum absolute atomic E-state index is 0.0501. The molecular weight excluding hydrogens is 299 g/mol. The molecular formula is C20H29BOS. The Morgan fingerprint density at radius 3 is 2.30 bits per heavy atom. The van der Waals surface area contributed by atoms with Gasteiger partial charge in [-0.15, -0.1) is 0 Å². The molecule has 0 amide bonds. The van der Waals surface area contributed by atoms with E-state index in [2.05, 4.69) is 53.7 Å². The first-order valence-corrected chi connectivity index (χ1v) is 8.94. The van der Waals surface area contributed by atoms with E-state index in [4.69, 9.17) is 25.2 Å². The van der Waals surface area contributed by atoms with Gasteiger partial charge in [0.1, 0.15) is 19.4 Å². The highest BCUT2D eigenvalue weighted by molar-refractivity contribution is 7.80. The van der Waals surface area contributed by atoms with Crippen molar-refractivity contribution >= 4 is 25.9 Å². The lowest BCUT2D eigenvalue weighted by atomic mass is 9.75. The maximum Gasteiger partial charge on any atom is 0.126 e. The first-order chi connectivity index (χ1) is 10.4. The third-order valence-corrected chi connectivity index (χ3v) is 4.90. The zero-order valence-electron chi connectivity index (χ0n) is 15.3. The second-order valence-electron chi connectivity index (χ2n) is 8.84. The molecule has 1 aromatic rings. The largest absolute Gasteiger partial charge is 0.462 e. The van der Waals surface area contributed by atoms with E-state index < -0.39 is 0 Å². The highest BCUT2D eigenvalue weighted by atomic mass is 32.1. The monoisotopic (exact) mass is 328 g/mol. The van der Waals surface area contributed by atoms with Gasteiger partial charge in [0.25, 0.3) is 0 Å². The van der Waals surface area contributed by atoms with E-state index >= 15 is 0 Å². The van der Waals surface area contributed by atoms with Crippen LogP contribution in [0.5, 0.6) is 5.75 Å². The van der Waals surface area contributed by atoms with E-state index in [1.54, 1.807) is 0 Å². The summed E-state index contributed by atoms with van der Waals surface area (Å²) in [6, 6.07) is 6.04. The fourth-order valence-electron chi connectivity index (χ4n) is 2.91. The summed E-state index contributed by atoms with van der Waals surface area (Å²) in [6.07, 6.45) is 4.26. The summed E-state index contributed by atoms with van der Waals surface area (Å²) in [5.74, 6) is 2.33. The number of hydrogen-bond donors (Lipinski definition) is 1. The van der Waals surface area contributed by atoms with Crippen molar-refractivity contribution in [2.45, 2.75) is 65.0 Å². The van der Waals surface area contributed by atoms with E-state index in [0.717, 1.165) is 29.8 Å². The molecule has 0 saturated carbocycles. The zero-order valence-corrected chi connectivity index (χ0v) is 16.2. The SMILES string of the molecule is [B]c1cc(OC2=CC(C(C)(C)C)CC(S)C2)cc(C(C)(C)C)c1. The molecule has 0 spiro atoms. The molecule has 0 heterocycles. The lowest BCUT2D eigenvalue weighted by molar-refractivity contribution is 0.248. The first kappa shape index (κ1) is 18.5. The van der Waals surface area contributed by atoms with Gasteiger partial charge in [0.05, 0.1) is 0 Å². The van der Waals surface area contributed by atoms with Crippen LogP contribution in [0.3, 0.4) is 0 Å². The van der Waals surface area contributed by atoms with Crippen LogP contribution in [-0.4, -0.2) is 13.1 Å². The van der Waals surface area contributed by atoms with Crippen LogP contribution >= 0.6 is 12.6 Å². The van der Waals surface area contributed by atoms with Crippen molar-refractivity contribution in [3.8, 4) is 5.75 Å². The van der Waals surface area contributed by atoms with Gasteiger partial charge in [-0.1, -0.05) is 53.1 Å². The van der Waals surface area contributed by atoms with E-state index in [0.29, 0.717) is 11.2 Å². The van der Waals surface area contributed by atoms with Gasteiger partial charge in [-0.2, -0.15) is 12.6 Å². The standard InChI is InChI=1S/C20H29BOS/c1-19(2,3)13-7-15(21)11-16(8-13)22-17-9-14(20(4,5)6)10-18(23)12-17/h7-9,11,14,18,23H,10,12H2,1-6H3. The van der Waals surface area contributed by atoms with Crippen LogP contribution in [0.15, 0.2) is 30.0 Å². The maximum absolute atomic E-state index is 6.20. The molecule has 23 heavy (non-hydrogen) atoms. The number of ether oxygens (including phenoxy) is 1. The van der Waals surface area contributed by atoms with Crippen LogP contribution < -0.4 is 10.2 Å². The number of rotatable bonds is 2. The van der Waals surface area contributed by atoms with E-state index in [9.17, 15) is 0 Å². The van der Waals surface area contributed by atoms with Crippen LogP contribution in [-0.2, 0) is 5.41 Å². The Morgan fingerprint density at radius 1 is 1.09 bits per heavy atom. The topological polar surface area (TPSA) is 9.23 Å². The van der Waals surface area contributed by atoms with E-state index in [1.165, 1.54) is 5.56 Å². The second kappa shape index (κ2) is 6.59. The Bertz CT molecular complexity index is 593. The van der Waals surface area contributed by atoms with Crippen LogP contribution in [0.1, 0.15) is 59.9 Å². The van der Waals surface area contributed by atoms with Gasteiger partial charge in [-0.3, -0.25) is 0 Å². The summed E-state index contributed by atoms with van der Waals surface area (Å²) >= 11 is 4.72. The molecule has 0 bridgehead atoms. The van der Waals surface area contributed by atoms with Crippen LogP contribution in [0, 0.1) is 11.3 Å². The minimum Gasteiger partial charge on any atom is -0.462 e. The lowest BCUT2D eigenvalue weighted by Crippen LogP contribution is -2.27. The maximum atomic E-state index is 6.20. The number of allylic oxidation sites excluding steroid dienone is 2. The van der Waals surface area contributed by atoms with Gasteiger partial charge in [-0.25, -0.2) is 0 Å². The van der Waals surface area contributed by atoms with Crippen molar-refractivity contribution in [1.82, 2.24) is 0 Å². The predicted molar refractivity (Wildman–Crippen MR) is 104 cm³/mol. The van der Waals surface area contributed by atoms with Gasteiger partial charge in [0, 0.05) is 11.7 Å². The molecule has 0 aliphatic heterocycles.